The number of hydrogen-bond donors (Lipinski definition) is 1. The van der Waals surface area contributed by atoms with Crippen molar-refractivity contribution in [3.8, 4) is 5.75 Å². The summed E-state index contributed by atoms with van der Waals surface area (Å²) in [6.45, 7) is 5.91. The van der Waals surface area contributed by atoms with E-state index in [1.165, 1.54) is 11.1 Å². The normalized spacial score (nSPS) is 33.4. The van der Waals surface area contributed by atoms with E-state index >= 15 is 0 Å². The Bertz CT molecular complexity index is 810. The summed E-state index contributed by atoms with van der Waals surface area (Å²) in [6.07, 6.45) is 6.45. The fourth-order valence-electron chi connectivity index (χ4n) is 6.24. The molecule has 5 nitrogen and oxygen atoms in total. The molecule has 1 aromatic carbocycles. The minimum atomic E-state index is -0.569. The van der Waals surface area contributed by atoms with Gasteiger partial charge in [0.05, 0.1) is 12.5 Å². The number of fused-ring (bicyclic) bond motifs is 5. The van der Waals surface area contributed by atoms with Crippen LogP contribution in [0.2, 0.25) is 0 Å². The molecule has 0 aliphatic heterocycles. The van der Waals surface area contributed by atoms with E-state index in [1.807, 2.05) is 26.0 Å². The van der Waals surface area contributed by atoms with Crippen LogP contribution < -0.4 is 4.74 Å². The lowest BCUT2D eigenvalue weighted by atomic mass is 9.55. The number of aliphatic hydroxyl groups excluding tert-OH is 1. The Labute approximate surface area is 177 Å². The quantitative estimate of drug-likeness (QED) is 0.301. The molecule has 0 radical (unpaired) electrons. The fraction of sp³-hybridized carbons (Fsp3) is 0.696. The monoisotopic (exact) mass is 417 g/mol. The largest absolute Gasteiger partial charge is 0.426 e. The van der Waals surface area contributed by atoms with Crippen LogP contribution in [0.15, 0.2) is 22.8 Å². The highest BCUT2D eigenvalue weighted by atomic mass is 32.2. The van der Waals surface area contributed by atoms with E-state index < -0.39 is 4.75 Å². The minimum absolute atomic E-state index is 0.0926. The van der Waals surface area contributed by atoms with Gasteiger partial charge in [-0.25, -0.2) is 0 Å². The van der Waals surface area contributed by atoms with Gasteiger partial charge in [-0.3, -0.25) is 4.79 Å². The van der Waals surface area contributed by atoms with Crippen LogP contribution in [-0.4, -0.2) is 21.9 Å². The van der Waals surface area contributed by atoms with E-state index in [4.69, 9.17) is 4.74 Å². The smallest absolute Gasteiger partial charge is 0.312 e. The zero-order valence-corrected chi connectivity index (χ0v) is 18.3. The van der Waals surface area contributed by atoms with Crippen molar-refractivity contribution >= 4 is 17.9 Å². The van der Waals surface area contributed by atoms with Gasteiger partial charge in [0.25, 0.3) is 0 Å². The SMILES string of the molecule is CC(C)(CC(=O)Oc1ccc2c(c1)CC[C@@H]1[C@@H]2CC[C@]2(C)[C@@H](O)CC[C@@H]12)SN=O. The molecular formula is C23H31NO4S. The number of esters is 1. The van der Waals surface area contributed by atoms with E-state index in [0.29, 0.717) is 23.5 Å². The van der Waals surface area contributed by atoms with Gasteiger partial charge in [-0.1, -0.05) is 13.0 Å². The van der Waals surface area contributed by atoms with Crippen LogP contribution in [0.1, 0.15) is 76.3 Å². The van der Waals surface area contributed by atoms with Gasteiger partial charge < -0.3 is 9.84 Å². The molecule has 3 aliphatic rings. The molecule has 0 amide bonds. The number of rotatable bonds is 5. The van der Waals surface area contributed by atoms with Gasteiger partial charge in [-0.2, -0.15) is 0 Å². The Hall–Kier alpha value is -1.40. The van der Waals surface area contributed by atoms with Crippen molar-refractivity contribution in [1.82, 2.24) is 0 Å². The van der Waals surface area contributed by atoms with Crippen molar-refractivity contribution in [1.29, 1.82) is 0 Å². The van der Waals surface area contributed by atoms with E-state index in [-0.39, 0.29) is 23.9 Å². The van der Waals surface area contributed by atoms with Gasteiger partial charge in [0.2, 0.25) is 0 Å². The molecule has 4 rings (SSSR count). The van der Waals surface area contributed by atoms with Gasteiger partial charge in [-0.15, -0.1) is 4.91 Å². The van der Waals surface area contributed by atoms with Crippen LogP contribution in [-0.2, 0) is 11.2 Å². The lowest BCUT2D eigenvalue weighted by Gasteiger charge is -2.50. The molecule has 5 atom stereocenters. The first-order valence-corrected chi connectivity index (χ1v) is 11.5. The molecule has 6 heteroatoms. The second-order valence-electron chi connectivity index (χ2n) is 9.99. The maximum absolute atomic E-state index is 12.3. The first-order valence-electron chi connectivity index (χ1n) is 10.8. The Kier molecular flexibility index (Phi) is 5.53. The number of ether oxygens (including phenoxy) is 1. The second kappa shape index (κ2) is 7.69. The molecule has 0 heterocycles. The van der Waals surface area contributed by atoms with Crippen molar-refractivity contribution in [3.05, 3.63) is 34.2 Å². The average molecular weight is 418 g/mol. The van der Waals surface area contributed by atoms with Gasteiger partial charge in [0, 0.05) is 21.3 Å². The summed E-state index contributed by atoms with van der Waals surface area (Å²) >= 11 is 0.866. The van der Waals surface area contributed by atoms with Gasteiger partial charge >= 0.3 is 5.97 Å². The molecule has 2 fully saturated rings. The van der Waals surface area contributed by atoms with E-state index in [1.54, 1.807) is 0 Å². The number of aryl methyl sites for hydroxylation is 1. The van der Waals surface area contributed by atoms with Crippen LogP contribution >= 0.6 is 11.9 Å². The third-order valence-corrected chi connectivity index (χ3v) is 8.45. The zero-order chi connectivity index (χ0) is 20.8. The van der Waals surface area contributed by atoms with Gasteiger partial charge in [0.1, 0.15) is 5.75 Å². The molecule has 158 valence electrons. The predicted molar refractivity (Wildman–Crippen MR) is 115 cm³/mol. The number of carbonyl (C=O) groups excluding carboxylic acids is 1. The topological polar surface area (TPSA) is 76.0 Å². The molecular weight excluding hydrogens is 386 g/mol. The molecule has 3 aliphatic carbocycles. The number of hydrogen-bond acceptors (Lipinski definition) is 6. The van der Waals surface area contributed by atoms with Crippen molar-refractivity contribution in [2.75, 3.05) is 0 Å². The molecule has 0 spiro atoms. The molecule has 0 bridgehead atoms. The third-order valence-electron chi connectivity index (χ3n) is 7.73. The summed E-state index contributed by atoms with van der Waals surface area (Å²) in [5.41, 5.74) is 2.79. The molecule has 0 saturated heterocycles. The summed E-state index contributed by atoms with van der Waals surface area (Å²) < 4.78 is 7.84. The van der Waals surface area contributed by atoms with Crippen LogP contribution in [0.25, 0.3) is 0 Å². The van der Waals surface area contributed by atoms with E-state index in [2.05, 4.69) is 17.6 Å². The van der Waals surface area contributed by atoms with Crippen molar-refractivity contribution in [3.63, 3.8) is 0 Å². The summed E-state index contributed by atoms with van der Waals surface area (Å²) in [5, 5.41) is 10.5. The van der Waals surface area contributed by atoms with Crippen LogP contribution in [0.4, 0.5) is 0 Å². The Balaban J connectivity index is 1.48. The molecule has 1 N–H and O–H groups in total. The van der Waals surface area contributed by atoms with E-state index in [9.17, 15) is 14.8 Å². The lowest BCUT2D eigenvalue weighted by molar-refractivity contribution is -0.134. The highest BCUT2D eigenvalue weighted by molar-refractivity contribution is 7.99. The molecule has 0 aromatic heterocycles. The summed E-state index contributed by atoms with van der Waals surface area (Å²) in [7, 11) is 0. The summed E-state index contributed by atoms with van der Waals surface area (Å²) in [4.78, 5) is 22.8. The third kappa shape index (κ3) is 3.86. The molecule has 29 heavy (non-hydrogen) atoms. The Morgan fingerprint density at radius 2 is 2.10 bits per heavy atom. The second-order valence-corrected chi connectivity index (χ2v) is 11.4. The Morgan fingerprint density at radius 1 is 1.31 bits per heavy atom. The highest BCUT2D eigenvalue weighted by Gasteiger charge is 2.54. The highest BCUT2D eigenvalue weighted by Crippen LogP contribution is 2.60. The van der Waals surface area contributed by atoms with Crippen LogP contribution in [0, 0.1) is 22.2 Å². The first-order chi connectivity index (χ1) is 13.7. The predicted octanol–water partition coefficient (Wildman–Crippen LogP) is 5.39. The number of nitrogens with zero attached hydrogens (tertiary/aromatic N) is 1. The van der Waals surface area contributed by atoms with Gasteiger partial charge in [-0.05, 0) is 98.8 Å². The number of aliphatic hydroxyl groups is 1. The fourth-order valence-corrected chi connectivity index (χ4v) is 6.63. The van der Waals surface area contributed by atoms with Crippen molar-refractivity contribution in [2.24, 2.45) is 21.8 Å². The first kappa shape index (κ1) is 20.9. The van der Waals surface area contributed by atoms with E-state index in [0.717, 1.165) is 50.5 Å². The standard InChI is InChI=1S/C23H31NO4S/c1-22(2,29-24-27)13-21(26)28-15-5-7-16-14(12-15)4-6-18-17(16)10-11-23(3)19(18)8-9-20(23)25/h5,7,12,17-20,25H,4,6,8-11,13H2,1-3H3/t17-,18-,19+,20+,23+/m1/s1. The van der Waals surface area contributed by atoms with Crippen molar-refractivity contribution in [2.45, 2.75) is 82.5 Å². The lowest BCUT2D eigenvalue weighted by Crippen LogP contribution is -2.43. The number of benzene rings is 1. The molecule has 2 saturated carbocycles. The van der Waals surface area contributed by atoms with Gasteiger partial charge in [0.15, 0.2) is 0 Å². The summed E-state index contributed by atoms with van der Waals surface area (Å²) in [6, 6.07) is 6.09. The maximum Gasteiger partial charge on any atom is 0.312 e. The maximum atomic E-state index is 12.3. The zero-order valence-electron chi connectivity index (χ0n) is 17.5. The average Bonchev–Trinajstić information content (AvgIpc) is 2.95. The Morgan fingerprint density at radius 3 is 2.86 bits per heavy atom. The summed E-state index contributed by atoms with van der Waals surface area (Å²) in [5.74, 6) is 2.08. The molecule has 1 aromatic rings. The van der Waals surface area contributed by atoms with Crippen LogP contribution in [0.3, 0.4) is 0 Å². The number of nitroso groups, excluding NO2 is 1. The molecule has 0 unspecified atom stereocenters. The number of carbonyl (C=O) groups is 1. The van der Waals surface area contributed by atoms with Crippen LogP contribution in [0.5, 0.6) is 5.75 Å². The van der Waals surface area contributed by atoms with Crippen molar-refractivity contribution < 1.29 is 14.6 Å². The minimum Gasteiger partial charge on any atom is -0.426 e.